The van der Waals surface area contributed by atoms with Crippen LogP contribution in [0.4, 0.5) is 16.3 Å². The molecule has 2 aromatic carbocycles. The quantitative estimate of drug-likeness (QED) is 0.286. The molecule has 0 radical (unpaired) electrons. The average molecular weight is 582 g/mol. The van der Waals surface area contributed by atoms with Crippen molar-refractivity contribution < 1.29 is 14.3 Å². The van der Waals surface area contributed by atoms with Crippen molar-refractivity contribution in [3.8, 4) is 5.75 Å². The molecule has 5 rings (SSSR count). The van der Waals surface area contributed by atoms with E-state index >= 15 is 0 Å². The molecule has 0 atom stereocenters. The Morgan fingerprint density at radius 3 is 2.60 bits per heavy atom. The zero-order valence-electron chi connectivity index (χ0n) is 22.6. The summed E-state index contributed by atoms with van der Waals surface area (Å²) in [5.74, 6) is 0.897. The van der Waals surface area contributed by atoms with Gasteiger partial charge in [-0.15, -0.1) is 0 Å². The highest BCUT2D eigenvalue weighted by Crippen LogP contribution is 2.35. The first-order valence-corrected chi connectivity index (χ1v) is 13.5. The lowest BCUT2D eigenvalue weighted by molar-refractivity contribution is 0.0224. The lowest BCUT2D eigenvalue weighted by Crippen LogP contribution is -2.39. The molecule has 2 aromatic heterocycles. The third-order valence-corrected chi connectivity index (χ3v) is 7.27. The second-order valence-corrected chi connectivity index (χ2v) is 11.4. The fraction of sp³-hybridized carbons (Fsp3) is 0.310. The van der Waals surface area contributed by atoms with Crippen LogP contribution in [0.3, 0.4) is 0 Å². The van der Waals surface area contributed by atoms with Gasteiger partial charge in [-0.25, -0.2) is 14.9 Å². The number of ether oxygens (including phenoxy) is 2. The third kappa shape index (κ3) is 5.85. The number of nitrogens with one attached hydrogen (secondary N) is 2. The van der Waals surface area contributed by atoms with Crippen LogP contribution < -0.4 is 15.6 Å². The minimum absolute atomic E-state index is 0.349. The number of carbonyl (C=O) groups is 1. The molecule has 0 bridgehead atoms. The number of nitrogens with zero attached hydrogens (tertiary/aromatic N) is 3. The summed E-state index contributed by atoms with van der Waals surface area (Å²) in [7, 11) is 1.57. The highest BCUT2D eigenvalue weighted by molar-refractivity contribution is 6.36. The fourth-order valence-corrected chi connectivity index (χ4v) is 5.23. The second kappa shape index (κ2) is 11.0. The van der Waals surface area contributed by atoms with Crippen LogP contribution in [0.1, 0.15) is 43.2 Å². The van der Waals surface area contributed by atoms with Crippen molar-refractivity contribution in [2.24, 2.45) is 0 Å². The van der Waals surface area contributed by atoms with E-state index in [4.69, 9.17) is 37.7 Å². The predicted octanol–water partition coefficient (Wildman–Crippen LogP) is 6.26. The predicted molar refractivity (Wildman–Crippen MR) is 156 cm³/mol. The number of pyridine rings is 1. The van der Waals surface area contributed by atoms with Gasteiger partial charge in [-0.2, -0.15) is 5.10 Å². The van der Waals surface area contributed by atoms with Gasteiger partial charge in [0.2, 0.25) is 0 Å². The molecule has 208 valence electrons. The molecule has 0 saturated carbocycles. The molecule has 40 heavy (non-hydrogen) atoms. The van der Waals surface area contributed by atoms with E-state index in [9.17, 15) is 9.59 Å². The number of methoxy groups -OCH3 is 1. The molecule has 1 aliphatic rings. The Morgan fingerprint density at radius 1 is 1.15 bits per heavy atom. The first kappa shape index (κ1) is 27.7. The number of halogens is 2. The van der Waals surface area contributed by atoms with Crippen LogP contribution in [0, 0.1) is 0 Å². The number of amides is 1. The van der Waals surface area contributed by atoms with Gasteiger partial charge in [-0.05, 0) is 74.2 Å². The van der Waals surface area contributed by atoms with Gasteiger partial charge in [0.05, 0.1) is 24.4 Å². The molecule has 4 aromatic rings. The van der Waals surface area contributed by atoms with Crippen LogP contribution in [0.5, 0.6) is 5.75 Å². The summed E-state index contributed by atoms with van der Waals surface area (Å²) in [6.45, 7) is 6.47. The highest BCUT2D eigenvalue weighted by atomic mass is 35.5. The van der Waals surface area contributed by atoms with E-state index in [1.807, 2.05) is 32.9 Å². The molecule has 0 spiro atoms. The van der Waals surface area contributed by atoms with Crippen LogP contribution >= 0.6 is 23.2 Å². The zero-order valence-corrected chi connectivity index (χ0v) is 24.1. The van der Waals surface area contributed by atoms with Gasteiger partial charge in [0.15, 0.2) is 0 Å². The van der Waals surface area contributed by atoms with E-state index in [1.165, 1.54) is 0 Å². The average Bonchev–Trinajstić information content (AvgIpc) is 2.89. The summed E-state index contributed by atoms with van der Waals surface area (Å²) >= 11 is 12.8. The van der Waals surface area contributed by atoms with Gasteiger partial charge in [-0.3, -0.25) is 4.79 Å². The van der Waals surface area contributed by atoms with E-state index < -0.39 is 5.60 Å². The molecule has 11 heteroatoms. The van der Waals surface area contributed by atoms with E-state index in [0.717, 1.165) is 16.7 Å². The van der Waals surface area contributed by atoms with Crippen molar-refractivity contribution in [3.63, 3.8) is 0 Å². The number of benzene rings is 2. The van der Waals surface area contributed by atoms with Crippen LogP contribution in [-0.4, -0.2) is 45.4 Å². The molecule has 9 nitrogen and oxygen atoms in total. The maximum Gasteiger partial charge on any atom is 0.410 e. The number of aromatic amines is 1. The minimum Gasteiger partial charge on any atom is -0.495 e. The molecule has 0 aliphatic carbocycles. The SMILES string of the molecule is COc1cc2c(cc1Nc1nc(Cc3c(Cl)cccc3Cl)cc3cn[nH]c(=O)c13)CCN(C(=O)OC(C)(C)C)C2. The molecule has 0 fully saturated rings. The van der Waals surface area contributed by atoms with Crippen molar-refractivity contribution in [1.82, 2.24) is 20.1 Å². The maximum absolute atomic E-state index is 12.8. The lowest BCUT2D eigenvalue weighted by Gasteiger charge is -2.31. The summed E-state index contributed by atoms with van der Waals surface area (Å²) < 4.78 is 11.3. The highest BCUT2D eigenvalue weighted by Gasteiger charge is 2.27. The maximum atomic E-state index is 12.8. The number of H-pyrrole nitrogens is 1. The van der Waals surface area contributed by atoms with Crippen molar-refractivity contribution >= 4 is 51.6 Å². The summed E-state index contributed by atoms with van der Waals surface area (Å²) in [5.41, 5.74) is 3.11. The first-order chi connectivity index (χ1) is 19.0. The molecule has 1 amide bonds. The van der Waals surface area contributed by atoms with Gasteiger partial charge in [0, 0.05) is 40.6 Å². The van der Waals surface area contributed by atoms with Gasteiger partial charge >= 0.3 is 6.09 Å². The molecule has 0 saturated heterocycles. The van der Waals surface area contributed by atoms with Crippen LogP contribution in [0.25, 0.3) is 10.8 Å². The Kier molecular flexibility index (Phi) is 7.61. The topological polar surface area (TPSA) is 109 Å². The zero-order chi connectivity index (χ0) is 28.6. The molecular weight excluding hydrogens is 553 g/mol. The van der Waals surface area contributed by atoms with E-state index in [2.05, 4.69) is 15.5 Å². The summed E-state index contributed by atoms with van der Waals surface area (Å²) in [4.78, 5) is 32.0. The Hall–Kier alpha value is -3.82. The molecule has 1 aliphatic heterocycles. The Bertz CT molecular complexity index is 1650. The molecule has 3 heterocycles. The largest absolute Gasteiger partial charge is 0.495 e. The summed E-state index contributed by atoms with van der Waals surface area (Å²) in [6.07, 6.45) is 2.23. The van der Waals surface area contributed by atoms with E-state index in [-0.39, 0.29) is 11.7 Å². The Balaban J connectivity index is 1.51. The summed E-state index contributed by atoms with van der Waals surface area (Å²) in [5, 5.41) is 11.8. The second-order valence-electron chi connectivity index (χ2n) is 10.6. The fourth-order valence-electron chi connectivity index (χ4n) is 4.70. The van der Waals surface area contributed by atoms with Crippen molar-refractivity contribution in [1.29, 1.82) is 0 Å². The lowest BCUT2D eigenvalue weighted by atomic mass is 9.98. The number of hydrogen-bond donors (Lipinski definition) is 2. The van der Waals surface area contributed by atoms with Crippen molar-refractivity contribution in [2.75, 3.05) is 19.0 Å². The van der Waals surface area contributed by atoms with Gasteiger partial charge in [0.25, 0.3) is 5.56 Å². The monoisotopic (exact) mass is 581 g/mol. The number of rotatable bonds is 5. The van der Waals surface area contributed by atoms with Gasteiger partial charge in [-0.1, -0.05) is 29.3 Å². The van der Waals surface area contributed by atoms with Gasteiger partial charge < -0.3 is 19.7 Å². The smallest absolute Gasteiger partial charge is 0.410 e. The number of aromatic nitrogens is 3. The molecule has 2 N–H and O–H groups in total. The standard InChI is InChI=1S/C29H29Cl2N5O4/c1-29(2,3)40-28(38)36-9-8-16-11-23(24(39-4)12-18(16)15-36)34-26-25-17(14-32-35-27(25)37)10-19(33-26)13-20-21(30)6-5-7-22(20)31/h5-7,10-12,14H,8-9,13,15H2,1-4H3,(H,33,34)(H,35,37). The number of anilines is 2. The number of hydrogen-bond acceptors (Lipinski definition) is 7. The van der Waals surface area contributed by atoms with Crippen molar-refractivity contribution in [3.05, 3.63) is 85.4 Å². The van der Waals surface area contributed by atoms with Crippen molar-refractivity contribution in [2.45, 2.75) is 45.8 Å². The summed E-state index contributed by atoms with van der Waals surface area (Å²) in [6, 6.07) is 11.0. The Morgan fingerprint density at radius 2 is 1.90 bits per heavy atom. The van der Waals surface area contributed by atoms with E-state index in [1.54, 1.807) is 42.5 Å². The minimum atomic E-state index is -0.572. The van der Waals surface area contributed by atoms with E-state index in [0.29, 0.717) is 69.7 Å². The molecule has 0 unspecified atom stereocenters. The third-order valence-electron chi connectivity index (χ3n) is 6.56. The van der Waals surface area contributed by atoms with Gasteiger partial charge in [0.1, 0.15) is 17.2 Å². The number of carbonyl (C=O) groups excluding carboxylic acids is 1. The normalized spacial score (nSPS) is 13.2. The first-order valence-electron chi connectivity index (χ1n) is 12.8. The van der Waals surface area contributed by atoms with Crippen LogP contribution in [0.2, 0.25) is 10.0 Å². The Labute approximate surface area is 241 Å². The van der Waals surface area contributed by atoms with Crippen LogP contribution in [-0.2, 0) is 24.1 Å². The number of fused-ring (bicyclic) bond motifs is 2. The van der Waals surface area contributed by atoms with Crippen LogP contribution in [0.15, 0.2) is 47.4 Å². The molecular formula is C29H29Cl2N5O4.